The molecule has 0 radical (unpaired) electrons. The number of alkyl halides is 3. The number of aryl methyl sites for hydroxylation is 1. The van der Waals surface area contributed by atoms with Crippen molar-refractivity contribution in [2.75, 3.05) is 5.32 Å². The minimum atomic E-state index is -4.65. The van der Waals surface area contributed by atoms with Gasteiger partial charge < -0.3 is 10.6 Å². The number of benzene rings is 2. The van der Waals surface area contributed by atoms with Gasteiger partial charge in [-0.25, -0.2) is 0 Å². The van der Waals surface area contributed by atoms with Crippen LogP contribution in [-0.4, -0.2) is 5.91 Å². The summed E-state index contributed by atoms with van der Waals surface area (Å²) in [4.78, 5) is 12.1. The lowest BCUT2D eigenvalue weighted by Crippen LogP contribution is -2.17. The summed E-state index contributed by atoms with van der Waals surface area (Å²) in [5.41, 5.74) is 0.570. The van der Waals surface area contributed by atoms with Crippen LogP contribution in [-0.2, 0) is 17.5 Å². The van der Waals surface area contributed by atoms with Gasteiger partial charge in [0.15, 0.2) is 0 Å². The number of nitrogens with zero attached hydrogens (tertiary/aromatic N) is 1. The Hall–Kier alpha value is -2.98. The number of hydrogen-bond acceptors (Lipinski definition) is 3. The Labute approximate surface area is 159 Å². The van der Waals surface area contributed by atoms with Gasteiger partial charge in [-0.2, -0.15) is 18.4 Å². The fourth-order valence-corrected chi connectivity index (χ4v) is 2.49. The van der Waals surface area contributed by atoms with Crippen molar-refractivity contribution in [3.63, 3.8) is 0 Å². The Balaban J connectivity index is 2.08. The van der Waals surface area contributed by atoms with Gasteiger partial charge in [-0.3, -0.25) is 4.79 Å². The molecular weight excluding hydrogens is 379 g/mol. The Morgan fingerprint density at radius 2 is 2.00 bits per heavy atom. The van der Waals surface area contributed by atoms with Gasteiger partial charge in [-0.05, 0) is 30.7 Å². The molecule has 0 aliphatic heterocycles. The zero-order valence-corrected chi connectivity index (χ0v) is 14.9. The molecule has 27 heavy (non-hydrogen) atoms. The first-order valence-corrected chi connectivity index (χ1v) is 8.16. The van der Waals surface area contributed by atoms with E-state index in [9.17, 15) is 18.0 Å². The number of nitrogens with one attached hydrogen (secondary N) is 2. The average Bonchev–Trinajstić information content (AvgIpc) is 2.59. The Bertz CT molecular complexity index is 917. The van der Waals surface area contributed by atoms with Gasteiger partial charge in [-0.1, -0.05) is 41.4 Å². The number of carbonyl (C=O) groups is 1. The van der Waals surface area contributed by atoms with Crippen LogP contribution < -0.4 is 10.6 Å². The van der Waals surface area contributed by atoms with Crippen LogP contribution >= 0.6 is 11.6 Å². The number of anilines is 1. The van der Waals surface area contributed by atoms with Crippen LogP contribution in [0.2, 0.25) is 5.02 Å². The van der Waals surface area contributed by atoms with Crippen LogP contribution in [0.15, 0.2) is 54.2 Å². The topological polar surface area (TPSA) is 64.9 Å². The molecule has 0 unspecified atom stereocenters. The normalized spacial score (nSPS) is 11.6. The van der Waals surface area contributed by atoms with Gasteiger partial charge in [0.05, 0.1) is 10.6 Å². The summed E-state index contributed by atoms with van der Waals surface area (Å²) in [7, 11) is 0. The summed E-state index contributed by atoms with van der Waals surface area (Å²) in [6.07, 6.45) is -3.43. The lowest BCUT2D eigenvalue weighted by Gasteiger charge is -2.11. The Morgan fingerprint density at radius 1 is 1.26 bits per heavy atom. The zero-order valence-electron chi connectivity index (χ0n) is 14.2. The number of nitriles is 1. The maximum absolute atomic E-state index is 12.9. The minimum Gasteiger partial charge on any atom is -0.386 e. The van der Waals surface area contributed by atoms with Crippen molar-refractivity contribution in [3.05, 3.63) is 76.0 Å². The molecule has 8 heteroatoms. The fraction of sp³-hybridized carbons (Fsp3) is 0.158. The summed E-state index contributed by atoms with van der Waals surface area (Å²) in [6, 6.07) is 12.3. The number of halogens is 4. The maximum Gasteiger partial charge on any atom is 0.417 e. The first-order valence-electron chi connectivity index (χ1n) is 7.78. The lowest BCUT2D eigenvalue weighted by atomic mass is 10.1. The van der Waals surface area contributed by atoms with E-state index in [2.05, 4.69) is 10.6 Å². The van der Waals surface area contributed by atoms with E-state index < -0.39 is 22.7 Å². The monoisotopic (exact) mass is 393 g/mol. The molecule has 140 valence electrons. The molecule has 0 saturated heterocycles. The van der Waals surface area contributed by atoms with E-state index >= 15 is 0 Å². The highest BCUT2D eigenvalue weighted by Crippen LogP contribution is 2.36. The summed E-state index contributed by atoms with van der Waals surface area (Å²) in [5, 5.41) is 13.8. The number of hydrogen-bond donors (Lipinski definition) is 2. The third-order valence-corrected chi connectivity index (χ3v) is 3.86. The van der Waals surface area contributed by atoms with Crippen LogP contribution in [0.3, 0.4) is 0 Å². The smallest absolute Gasteiger partial charge is 0.386 e. The van der Waals surface area contributed by atoms with Gasteiger partial charge in [0.1, 0.15) is 11.6 Å². The molecule has 2 aromatic carbocycles. The van der Waals surface area contributed by atoms with E-state index in [1.54, 1.807) is 6.07 Å². The van der Waals surface area contributed by atoms with Crippen LogP contribution in [0.4, 0.5) is 18.9 Å². The quantitative estimate of drug-likeness (QED) is 0.566. The van der Waals surface area contributed by atoms with Crippen molar-refractivity contribution in [2.24, 2.45) is 0 Å². The summed E-state index contributed by atoms with van der Waals surface area (Å²) in [6.45, 7) is 2.33. The summed E-state index contributed by atoms with van der Waals surface area (Å²) in [5.74, 6) is -0.829. The summed E-state index contributed by atoms with van der Waals surface area (Å²) >= 11 is 5.54. The van der Waals surface area contributed by atoms with Crippen molar-refractivity contribution in [1.29, 1.82) is 5.26 Å². The predicted octanol–water partition coefficient (Wildman–Crippen LogP) is 4.80. The maximum atomic E-state index is 12.9. The molecular formula is C19H15ClF3N3O. The van der Waals surface area contributed by atoms with Crippen molar-refractivity contribution in [3.8, 4) is 6.07 Å². The van der Waals surface area contributed by atoms with Crippen LogP contribution in [0, 0.1) is 18.3 Å². The van der Waals surface area contributed by atoms with Gasteiger partial charge in [0.25, 0.3) is 5.91 Å². The predicted molar refractivity (Wildman–Crippen MR) is 96.8 cm³/mol. The molecule has 0 bridgehead atoms. The molecule has 0 aliphatic rings. The van der Waals surface area contributed by atoms with Gasteiger partial charge in [-0.15, -0.1) is 0 Å². The SMILES string of the molecule is Cc1cccc(CN/C=C(/C#N)C(=O)Nc2ccc(Cl)c(C(F)(F)F)c2)c1. The highest BCUT2D eigenvalue weighted by Gasteiger charge is 2.33. The average molecular weight is 394 g/mol. The van der Waals surface area contributed by atoms with Gasteiger partial charge >= 0.3 is 6.18 Å². The highest BCUT2D eigenvalue weighted by atomic mass is 35.5. The van der Waals surface area contributed by atoms with Crippen molar-refractivity contribution in [2.45, 2.75) is 19.6 Å². The first kappa shape index (κ1) is 20.3. The van der Waals surface area contributed by atoms with Gasteiger partial charge in [0.2, 0.25) is 0 Å². The third-order valence-electron chi connectivity index (χ3n) is 3.53. The molecule has 0 fully saturated rings. The largest absolute Gasteiger partial charge is 0.417 e. The molecule has 4 nitrogen and oxygen atoms in total. The number of amides is 1. The van der Waals surface area contributed by atoms with Crippen LogP contribution in [0.5, 0.6) is 0 Å². The molecule has 1 amide bonds. The van der Waals surface area contributed by atoms with E-state index in [0.717, 1.165) is 23.3 Å². The molecule has 0 aliphatic carbocycles. The standard InChI is InChI=1S/C19H15ClF3N3O/c1-12-3-2-4-13(7-12)10-25-11-14(9-24)18(27)26-15-5-6-17(20)16(8-15)19(21,22)23/h2-8,11,25H,10H2,1H3,(H,26,27)/b14-11-. The molecule has 2 aromatic rings. The van der Waals surface area contributed by atoms with Crippen molar-refractivity contribution < 1.29 is 18.0 Å². The fourth-order valence-electron chi connectivity index (χ4n) is 2.26. The molecule has 0 saturated carbocycles. The van der Waals surface area contributed by atoms with Crippen LogP contribution in [0.25, 0.3) is 0 Å². The molecule has 0 atom stereocenters. The van der Waals surface area contributed by atoms with E-state index in [-0.39, 0.29) is 11.3 Å². The van der Waals surface area contributed by atoms with E-state index in [1.807, 2.05) is 31.2 Å². The summed E-state index contributed by atoms with van der Waals surface area (Å²) < 4.78 is 38.6. The van der Waals surface area contributed by atoms with Crippen molar-refractivity contribution in [1.82, 2.24) is 5.32 Å². The van der Waals surface area contributed by atoms with E-state index in [1.165, 1.54) is 12.3 Å². The number of carbonyl (C=O) groups excluding carboxylic acids is 1. The highest BCUT2D eigenvalue weighted by molar-refractivity contribution is 6.31. The number of rotatable bonds is 5. The lowest BCUT2D eigenvalue weighted by molar-refractivity contribution is -0.137. The Kier molecular flexibility index (Phi) is 6.48. The van der Waals surface area contributed by atoms with Crippen molar-refractivity contribution >= 4 is 23.2 Å². The molecule has 2 N–H and O–H groups in total. The minimum absolute atomic E-state index is 0.114. The molecule has 0 aromatic heterocycles. The van der Waals surface area contributed by atoms with E-state index in [4.69, 9.17) is 16.9 Å². The first-order chi connectivity index (χ1) is 12.7. The third kappa shape index (κ3) is 5.76. The molecule has 0 heterocycles. The molecule has 2 rings (SSSR count). The van der Waals surface area contributed by atoms with Gasteiger partial charge in [0, 0.05) is 18.4 Å². The zero-order chi connectivity index (χ0) is 20.0. The second kappa shape index (κ2) is 8.60. The second-order valence-electron chi connectivity index (χ2n) is 5.69. The Morgan fingerprint density at radius 3 is 2.63 bits per heavy atom. The van der Waals surface area contributed by atoms with Crippen LogP contribution in [0.1, 0.15) is 16.7 Å². The molecule has 0 spiro atoms. The van der Waals surface area contributed by atoms with E-state index in [0.29, 0.717) is 6.54 Å². The second-order valence-corrected chi connectivity index (χ2v) is 6.09.